The van der Waals surface area contributed by atoms with Crippen LogP contribution in [0.1, 0.15) is 245 Å². The van der Waals surface area contributed by atoms with Crippen LogP contribution < -0.4 is 11.1 Å². The van der Waals surface area contributed by atoms with Crippen LogP contribution in [0.15, 0.2) is 0 Å². The van der Waals surface area contributed by atoms with Crippen LogP contribution in [0.4, 0.5) is 0 Å². The minimum Gasteiger partial charge on any atom is -0.355 e. The Morgan fingerprint density at radius 3 is 1.02 bits per heavy atom. The summed E-state index contributed by atoms with van der Waals surface area (Å²) in [5.74, 6) is 0.175. The average Bonchev–Trinajstić information content (AvgIpc) is 3.06. The van der Waals surface area contributed by atoms with Crippen molar-refractivity contribution in [1.29, 1.82) is 0 Å². The highest BCUT2D eigenvalue weighted by Gasteiger charge is 2.14. The summed E-state index contributed by atoms with van der Waals surface area (Å²) in [6.07, 6.45) is 46.2. The first-order chi connectivity index (χ1) is 22.6. The molecule has 0 rings (SSSR count). The Morgan fingerprint density at radius 2 is 0.696 bits per heavy atom. The van der Waals surface area contributed by atoms with Crippen LogP contribution in [0.5, 0.6) is 0 Å². The molecule has 46 heavy (non-hydrogen) atoms. The molecule has 4 heteroatoms. The van der Waals surface area contributed by atoms with Crippen LogP contribution in [-0.4, -0.2) is 24.3 Å². The lowest BCUT2D eigenvalue weighted by atomic mass is 10.0. The van der Waals surface area contributed by atoms with Gasteiger partial charge in [-0.1, -0.05) is 213 Å². The van der Waals surface area contributed by atoms with Gasteiger partial charge in [-0.25, -0.2) is 0 Å². The number of hydrogen-bond donors (Lipinski definition) is 2. The first-order valence-electron chi connectivity index (χ1n) is 21.2. The molecule has 0 aliphatic heterocycles. The highest BCUT2D eigenvalue weighted by atomic mass is 16.2. The van der Waals surface area contributed by atoms with Gasteiger partial charge in [0.25, 0.3) is 0 Å². The molecule has 0 heterocycles. The van der Waals surface area contributed by atoms with Crippen LogP contribution in [0.3, 0.4) is 0 Å². The molecule has 0 aromatic heterocycles. The minimum atomic E-state index is -0.555. The Morgan fingerprint density at radius 1 is 0.413 bits per heavy atom. The van der Waals surface area contributed by atoms with Crippen molar-refractivity contribution in [3.05, 3.63) is 0 Å². The van der Waals surface area contributed by atoms with Gasteiger partial charge in [0.2, 0.25) is 5.91 Å². The number of nitrogens with two attached hydrogens (primary N) is 1. The van der Waals surface area contributed by atoms with Crippen molar-refractivity contribution in [2.45, 2.75) is 251 Å². The Labute approximate surface area is 289 Å². The number of amides is 1. The van der Waals surface area contributed by atoms with Gasteiger partial charge in [-0.3, -0.25) is 9.59 Å². The van der Waals surface area contributed by atoms with E-state index in [2.05, 4.69) is 19.2 Å². The maximum absolute atomic E-state index is 12.3. The summed E-state index contributed by atoms with van der Waals surface area (Å²) in [4.78, 5) is 24.6. The number of carbonyl (C=O) groups is 2. The molecule has 3 N–H and O–H groups in total. The number of hydrogen-bond acceptors (Lipinski definition) is 3. The third kappa shape index (κ3) is 35.9. The Kier molecular flexibility index (Phi) is 37.8. The monoisotopic (exact) mass is 649 g/mol. The average molecular weight is 649 g/mol. The summed E-state index contributed by atoms with van der Waals surface area (Å²) >= 11 is 0. The van der Waals surface area contributed by atoms with E-state index in [1.807, 2.05) is 0 Å². The largest absolute Gasteiger partial charge is 0.355 e. The second-order valence-electron chi connectivity index (χ2n) is 14.7. The highest BCUT2D eigenvalue weighted by Crippen LogP contribution is 2.16. The van der Waals surface area contributed by atoms with E-state index in [1.54, 1.807) is 0 Å². The standard InChI is InChI=1S/C42H84N2O2/c1-3-5-7-9-11-13-15-17-19-21-22-24-26-28-30-32-34-36-40(45)37-38-41(43)42(46)44-39-35-33-31-29-27-25-23-20-18-16-14-12-10-8-6-4-2/h41H,3-39,43H2,1-2H3,(H,44,46). The van der Waals surface area contributed by atoms with E-state index >= 15 is 0 Å². The van der Waals surface area contributed by atoms with Crippen molar-refractivity contribution in [2.24, 2.45) is 5.73 Å². The summed E-state index contributed by atoms with van der Waals surface area (Å²) in [5.41, 5.74) is 6.07. The zero-order valence-corrected chi connectivity index (χ0v) is 31.6. The normalized spacial score (nSPS) is 12.1. The lowest BCUT2D eigenvalue weighted by Gasteiger charge is -2.12. The van der Waals surface area contributed by atoms with E-state index in [0.717, 1.165) is 19.3 Å². The number of Topliss-reactive ketones (excluding diaryl/α,β-unsaturated/α-hetero) is 1. The van der Waals surface area contributed by atoms with Gasteiger partial charge in [-0.2, -0.15) is 0 Å². The molecule has 0 saturated carbocycles. The zero-order chi connectivity index (χ0) is 33.6. The molecule has 4 nitrogen and oxygen atoms in total. The lowest BCUT2D eigenvalue weighted by Crippen LogP contribution is -2.41. The molecule has 0 fully saturated rings. The lowest BCUT2D eigenvalue weighted by molar-refractivity contribution is -0.123. The van der Waals surface area contributed by atoms with Gasteiger partial charge in [-0.15, -0.1) is 0 Å². The third-order valence-corrected chi connectivity index (χ3v) is 9.96. The van der Waals surface area contributed by atoms with E-state index in [-0.39, 0.29) is 11.7 Å². The Balaban J connectivity index is 3.37. The second-order valence-corrected chi connectivity index (χ2v) is 14.7. The number of rotatable bonds is 39. The molecule has 0 radical (unpaired) electrons. The van der Waals surface area contributed by atoms with Crippen molar-refractivity contribution in [1.82, 2.24) is 5.32 Å². The maximum atomic E-state index is 12.3. The van der Waals surface area contributed by atoms with E-state index in [0.29, 0.717) is 25.8 Å². The molecule has 0 aromatic rings. The van der Waals surface area contributed by atoms with Crippen LogP contribution >= 0.6 is 0 Å². The minimum absolute atomic E-state index is 0.0911. The molecule has 1 atom stereocenters. The quantitative estimate of drug-likeness (QED) is 0.0651. The third-order valence-electron chi connectivity index (χ3n) is 9.96. The summed E-state index contributed by atoms with van der Waals surface area (Å²) in [7, 11) is 0. The van der Waals surface area contributed by atoms with Gasteiger partial charge >= 0.3 is 0 Å². The fourth-order valence-electron chi connectivity index (χ4n) is 6.64. The molecule has 0 aromatic carbocycles. The van der Waals surface area contributed by atoms with E-state index in [4.69, 9.17) is 5.73 Å². The molecule has 0 saturated heterocycles. The van der Waals surface area contributed by atoms with Gasteiger partial charge in [0.15, 0.2) is 0 Å². The molecule has 1 amide bonds. The number of ketones is 1. The van der Waals surface area contributed by atoms with Gasteiger partial charge in [-0.05, 0) is 19.3 Å². The number of unbranched alkanes of at least 4 members (excludes halogenated alkanes) is 31. The van der Waals surface area contributed by atoms with Crippen molar-refractivity contribution in [2.75, 3.05) is 6.54 Å². The summed E-state index contributed by atoms with van der Waals surface area (Å²) in [6, 6.07) is -0.555. The summed E-state index contributed by atoms with van der Waals surface area (Å²) in [6.45, 7) is 5.28. The molecular formula is C42H84N2O2. The van der Waals surface area contributed by atoms with Crippen LogP contribution in [0.2, 0.25) is 0 Å². The first-order valence-corrected chi connectivity index (χ1v) is 21.2. The number of nitrogens with one attached hydrogen (secondary N) is 1. The smallest absolute Gasteiger partial charge is 0.236 e. The van der Waals surface area contributed by atoms with Gasteiger partial charge in [0.05, 0.1) is 6.04 Å². The van der Waals surface area contributed by atoms with Gasteiger partial charge < -0.3 is 11.1 Å². The van der Waals surface area contributed by atoms with E-state index < -0.39 is 6.04 Å². The van der Waals surface area contributed by atoms with Crippen LogP contribution in [0.25, 0.3) is 0 Å². The molecule has 1 unspecified atom stereocenters. The van der Waals surface area contributed by atoms with Crippen molar-refractivity contribution in [3.8, 4) is 0 Å². The van der Waals surface area contributed by atoms with Crippen molar-refractivity contribution < 1.29 is 9.59 Å². The Bertz CT molecular complexity index is 623. The van der Waals surface area contributed by atoms with Crippen molar-refractivity contribution >= 4 is 11.7 Å². The van der Waals surface area contributed by atoms with Gasteiger partial charge in [0, 0.05) is 19.4 Å². The molecule has 0 aliphatic rings. The fraction of sp³-hybridized carbons (Fsp3) is 0.952. The SMILES string of the molecule is CCCCCCCCCCCCCCCCCCCC(=O)CCC(N)C(=O)NCCCCCCCCCCCCCCCCCC. The topological polar surface area (TPSA) is 72.2 Å². The molecular weight excluding hydrogens is 564 g/mol. The number of carbonyl (C=O) groups excluding carboxylic acids is 2. The maximum Gasteiger partial charge on any atom is 0.236 e. The van der Waals surface area contributed by atoms with Crippen LogP contribution in [0, 0.1) is 0 Å². The van der Waals surface area contributed by atoms with Gasteiger partial charge in [0.1, 0.15) is 5.78 Å². The van der Waals surface area contributed by atoms with E-state index in [1.165, 1.54) is 193 Å². The zero-order valence-electron chi connectivity index (χ0n) is 31.6. The molecule has 0 bridgehead atoms. The fourth-order valence-corrected chi connectivity index (χ4v) is 6.64. The highest BCUT2D eigenvalue weighted by molar-refractivity contribution is 5.83. The second kappa shape index (κ2) is 38.5. The summed E-state index contributed by atoms with van der Waals surface area (Å²) < 4.78 is 0. The predicted octanol–water partition coefficient (Wildman–Crippen LogP) is 13.1. The summed E-state index contributed by atoms with van der Waals surface area (Å²) in [5, 5.41) is 2.98. The molecule has 274 valence electrons. The first kappa shape index (κ1) is 45.1. The van der Waals surface area contributed by atoms with Crippen molar-refractivity contribution in [3.63, 3.8) is 0 Å². The molecule has 0 spiro atoms. The Hall–Kier alpha value is -0.900. The van der Waals surface area contributed by atoms with E-state index in [9.17, 15) is 9.59 Å². The molecule has 0 aliphatic carbocycles. The predicted molar refractivity (Wildman–Crippen MR) is 204 cm³/mol. The van der Waals surface area contributed by atoms with Crippen LogP contribution in [-0.2, 0) is 9.59 Å².